The number of phenols is 1. The standard InChI is InChI=1S/C16H22NO7P/c1-9(6-17-8-25(20,21)22)4-5-11-14(18)13-12(7-24-16(13)19)10(2)15(11)23-3/h4,17-18H,5-8H2,1-3H3,(H2,20,21,22). The van der Waals surface area contributed by atoms with E-state index in [-0.39, 0.29) is 17.9 Å². The van der Waals surface area contributed by atoms with Gasteiger partial charge in [0.2, 0.25) is 0 Å². The van der Waals surface area contributed by atoms with Crippen LogP contribution in [0.25, 0.3) is 0 Å². The summed E-state index contributed by atoms with van der Waals surface area (Å²) in [6.07, 6.45) is 1.70. The van der Waals surface area contributed by atoms with Crippen LogP contribution in [0.5, 0.6) is 11.5 Å². The van der Waals surface area contributed by atoms with Gasteiger partial charge in [0.1, 0.15) is 23.7 Å². The van der Waals surface area contributed by atoms with Crippen molar-refractivity contribution in [3.8, 4) is 11.5 Å². The molecule has 0 radical (unpaired) electrons. The number of rotatable bonds is 7. The van der Waals surface area contributed by atoms with Gasteiger partial charge in [0.05, 0.1) is 13.4 Å². The number of allylic oxidation sites excluding steroid dienone is 1. The first-order valence-corrected chi connectivity index (χ1v) is 9.44. The number of hydrogen-bond acceptors (Lipinski definition) is 6. The van der Waals surface area contributed by atoms with Crippen LogP contribution in [-0.4, -0.2) is 40.8 Å². The summed E-state index contributed by atoms with van der Waals surface area (Å²) in [4.78, 5) is 29.5. The van der Waals surface area contributed by atoms with Crippen molar-refractivity contribution in [2.24, 2.45) is 0 Å². The van der Waals surface area contributed by atoms with Gasteiger partial charge in [-0.15, -0.1) is 0 Å². The Morgan fingerprint density at radius 1 is 1.44 bits per heavy atom. The van der Waals surface area contributed by atoms with Gasteiger partial charge in [-0.3, -0.25) is 4.57 Å². The summed E-state index contributed by atoms with van der Waals surface area (Å²) in [5.74, 6) is -0.197. The SMILES string of the molecule is COc1c(C)c2c(c(O)c1CC=C(C)CNCP(=O)(O)O)C(=O)OC2. The van der Waals surface area contributed by atoms with Gasteiger partial charge in [-0.05, 0) is 25.8 Å². The zero-order valence-corrected chi connectivity index (χ0v) is 15.2. The van der Waals surface area contributed by atoms with Gasteiger partial charge >= 0.3 is 13.6 Å². The fourth-order valence-electron chi connectivity index (χ4n) is 2.78. The fourth-order valence-corrected chi connectivity index (χ4v) is 3.18. The van der Waals surface area contributed by atoms with E-state index in [9.17, 15) is 14.5 Å². The summed E-state index contributed by atoms with van der Waals surface area (Å²) >= 11 is 0. The Labute approximate surface area is 145 Å². The molecule has 0 amide bonds. The van der Waals surface area contributed by atoms with E-state index in [0.717, 1.165) is 11.1 Å². The average molecular weight is 371 g/mol. The summed E-state index contributed by atoms with van der Waals surface area (Å²) in [5, 5.41) is 13.1. The van der Waals surface area contributed by atoms with Gasteiger partial charge in [0.25, 0.3) is 0 Å². The number of fused-ring (bicyclic) bond motifs is 1. The monoisotopic (exact) mass is 371 g/mol. The van der Waals surface area contributed by atoms with Crippen molar-refractivity contribution < 1.29 is 33.7 Å². The van der Waals surface area contributed by atoms with Crippen molar-refractivity contribution in [2.45, 2.75) is 26.9 Å². The largest absolute Gasteiger partial charge is 0.507 e. The van der Waals surface area contributed by atoms with E-state index in [2.05, 4.69) is 5.32 Å². The molecular weight excluding hydrogens is 349 g/mol. The lowest BCUT2D eigenvalue weighted by atomic mass is 9.95. The van der Waals surface area contributed by atoms with E-state index >= 15 is 0 Å². The van der Waals surface area contributed by atoms with Crippen LogP contribution in [0.3, 0.4) is 0 Å². The van der Waals surface area contributed by atoms with E-state index in [1.165, 1.54) is 7.11 Å². The Hall–Kier alpha value is -1.86. The van der Waals surface area contributed by atoms with Crippen molar-refractivity contribution in [3.05, 3.63) is 33.9 Å². The molecule has 1 aliphatic rings. The molecule has 1 heterocycles. The lowest BCUT2D eigenvalue weighted by molar-refractivity contribution is 0.0533. The zero-order chi connectivity index (χ0) is 18.8. The van der Waals surface area contributed by atoms with E-state index < -0.39 is 19.9 Å². The number of nitrogens with one attached hydrogen (secondary N) is 1. The Balaban J connectivity index is 2.23. The Kier molecular flexibility index (Phi) is 5.90. The first kappa shape index (κ1) is 19.5. The van der Waals surface area contributed by atoms with Crippen LogP contribution in [0.1, 0.15) is 34.0 Å². The molecule has 8 nitrogen and oxygen atoms in total. The molecular formula is C16H22NO7P. The molecule has 0 aliphatic carbocycles. The van der Waals surface area contributed by atoms with Crippen LogP contribution in [0.15, 0.2) is 11.6 Å². The minimum Gasteiger partial charge on any atom is -0.507 e. The lowest BCUT2D eigenvalue weighted by Crippen LogP contribution is -2.17. The molecule has 9 heteroatoms. The van der Waals surface area contributed by atoms with Gasteiger partial charge in [-0.25, -0.2) is 4.79 Å². The first-order chi connectivity index (χ1) is 11.7. The van der Waals surface area contributed by atoms with Gasteiger partial charge in [0, 0.05) is 17.7 Å². The number of esters is 1. The normalized spacial score (nSPS) is 14.4. The average Bonchev–Trinajstić information content (AvgIpc) is 2.90. The second-order valence-corrected chi connectivity index (χ2v) is 7.56. The highest BCUT2D eigenvalue weighted by atomic mass is 31.2. The number of cyclic esters (lactones) is 1. The van der Waals surface area contributed by atoms with E-state index in [1.54, 1.807) is 19.9 Å². The number of phenolic OH excluding ortho intramolecular Hbond substituents is 1. The van der Waals surface area contributed by atoms with Crippen LogP contribution < -0.4 is 10.1 Å². The Bertz CT molecular complexity index is 766. The molecule has 0 aromatic heterocycles. The van der Waals surface area contributed by atoms with Crippen LogP contribution in [-0.2, 0) is 22.3 Å². The van der Waals surface area contributed by atoms with Gasteiger partial charge < -0.3 is 29.7 Å². The van der Waals surface area contributed by atoms with E-state index in [0.29, 0.717) is 29.8 Å². The number of hydrogen-bond donors (Lipinski definition) is 4. The molecule has 0 spiro atoms. The number of carbonyl (C=O) groups excluding carboxylic acids is 1. The molecule has 0 bridgehead atoms. The summed E-state index contributed by atoms with van der Waals surface area (Å²) in [5.41, 5.74) is 2.87. The highest BCUT2D eigenvalue weighted by molar-refractivity contribution is 7.51. The summed E-state index contributed by atoms with van der Waals surface area (Å²) in [7, 11) is -2.60. The Morgan fingerprint density at radius 3 is 2.72 bits per heavy atom. The molecule has 0 saturated carbocycles. The zero-order valence-electron chi connectivity index (χ0n) is 14.3. The van der Waals surface area contributed by atoms with Gasteiger partial charge in [0.15, 0.2) is 0 Å². The van der Waals surface area contributed by atoms with Gasteiger partial charge in [-0.1, -0.05) is 11.6 Å². The second-order valence-electron chi connectivity index (χ2n) is 5.92. The lowest BCUT2D eigenvalue weighted by Gasteiger charge is -2.15. The number of ether oxygens (including phenoxy) is 2. The third-order valence-electron chi connectivity index (χ3n) is 4.02. The molecule has 0 fully saturated rings. The maximum absolute atomic E-state index is 11.8. The number of methoxy groups -OCH3 is 1. The predicted molar refractivity (Wildman–Crippen MR) is 90.9 cm³/mol. The smallest absolute Gasteiger partial charge is 0.342 e. The van der Waals surface area contributed by atoms with Crippen molar-refractivity contribution in [2.75, 3.05) is 19.9 Å². The molecule has 2 rings (SSSR count). The first-order valence-electron chi connectivity index (χ1n) is 7.65. The van der Waals surface area contributed by atoms with Crippen molar-refractivity contribution in [1.82, 2.24) is 5.32 Å². The quantitative estimate of drug-likeness (QED) is 0.323. The van der Waals surface area contributed by atoms with Gasteiger partial charge in [-0.2, -0.15) is 0 Å². The molecule has 0 saturated heterocycles. The minimum atomic E-state index is -4.09. The number of carbonyl (C=O) groups is 1. The second kappa shape index (κ2) is 7.58. The summed E-state index contributed by atoms with van der Waals surface area (Å²) in [6.45, 7) is 4.01. The topological polar surface area (TPSA) is 125 Å². The molecule has 1 aromatic carbocycles. The number of aromatic hydroxyl groups is 1. The Morgan fingerprint density at radius 2 is 2.12 bits per heavy atom. The molecule has 0 unspecified atom stereocenters. The van der Waals surface area contributed by atoms with E-state index in [1.807, 2.05) is 0 Å². The highest BCUT2D eigenvalue weighted by Gasteiger charge is 2.31. The minimum absolute atomic E-state index is 0.116. The molecule has 4 N–H and O–H groups in total. The fraction of sp³-hybridized carbons (Fsp3) is 0.438. The summed E-state index contributed by atoms with van der Waals surface area (Å²) < 4.78 is 21.2. The van der Waals surface area contributed by atoms with Crippen molar-refractivity contribution in [1.29, 1.82) is 0 Å². The molecule has 138 valence electrons. The third kappa shape index (κ3) is 4.41. The van der Waals surface area contributed by atoms with Crippen LogP contribution in [0, 0.1) is 6.92 Å². The molecule has 0 atom stereocenters. The maximum Gasteiger partial charge on any atom is 0.342 e. The summed E-state index contributed by atoms with van der Waals surface area (Å²) in [6, 6.07) is 0. The van der Waals surface area contributed by atoms with Crippen LogP contribution in [0.4, 0.5) is 0 Å². The molecule has 25 heavy (non-hydrogen) atoms. The van der Waals surface area contributed by atoms with Crippen molar-refractivity contribution in [3.63, 3.8) is 0 Å². The maximum atomic E-state index is 11.8. The molecule has 1 aromatic rings. The number of benzene rings is 1. The van der Waals surface area contributed by atoms with Crippen molar-refractivity contribution >= 4 is 13.6 Å². The van der Waals surface area contributed by atoms with E-state index in [4.69, 9.17) is 19.3 Å². The highest BCUT2D eigenvalue weighted by Crippen LogP contribution is 2.42. The third-order valence-corrected chi connectivity index (χ3v) is 4.66. The molecule has 1 aliphatic heterocycles. The predicted octanol–water partition coefficient (Wildman–Crippen LogP) is 1.59. The van der Waals surface area contributed by atoms with Crippen LogP contribution >= 0.6 is 7.60 Å². The van der Waals surface area contributed by atoms with Crippen LogP contribution in [0.2, 0.25) is 0 Å².